The second-order valence-electron chi connectivity index (χ2n) is 5.75. The quantitative estimate of drug-likeness (QED) is 0.923. The van der Waals surface area contributed by atoms with Crippen LogP contribution in [0.15, 0.2) is 6.20 Å². The molecule has 3 rings (SSSR count). The van der Waals surface area contributed by atoms with Crippen molar-refractivity contribution >= 4 is 11.5 Å². The van der Waals surface area contributed by atoms with Gasteiger partial charge in [0.15, 0.2) is 0 Å². The van der Waals surface area contributed by atoms with Crippen molar-refractivity contribution in [3.8, 4) is 0 Å². The van der Waals surface area contributed by atoms with E-state index in [1.807, 2.05) is 6.20 Å². The van der Waals surface area contributed by atoms with Crippen LogP contribution >= 0.6 is 11.5 Å². The van der Waals surface area contributed by atoms with Crippen molar-refractivity contribution in [1.29, 1.82) is 0 Å². The molecule has 1 spiro atoms. The first-order valence-electron chi connectivity index (χ1n) is 7.55. The Morgan fingerprint density at radius 1 is 1.45 bits per heavy atom. The second-order valence-corrected chi connectivity index (χ2v) is 6.57. The van der Waals surface area contributed by atoms with Crippen LogP contribution in [0.1, 0.15) is 43.5 Å². The predicted octanol–water partition coefficient (Wildman–Crippen LogP) is 2.16. The van der Waals surface area contributed by atoms with E-state index in [-0.39, 0.29) is 5.60 Å². The Bertz CT molecular complexity index is 401. The van der Waals surface area contributed by atoms with Crippen LogP contribution in [0.3, 0.4) is 0 Å². The molecule has 0 saturated carbocycles. The summed E-state index contributed by atoms with van der Waals surface area (Å²) in [5.41, 5.74) is 0.0486. The van der Waals surface area contributed by atoms with Gasteiger partial charge in [-0.25, -0.2) is 0 Å². The number of nitrogens with zero attached hydrogens (tertiary/aromatic N) is 2. The van der Waals surface area contributed by atoms with Gasteiger partial charge in [0.1, 0.15) is 0 Å². The molecule has 2 aliphatic rings. The van der Waals surface area contributed by atoms with Gasteiger partial charge in [-0.3, -0.25) is 0 Å². The maximum atomic E-state index is 6.15. The molecule has 0 bridgehead atoms. The largest absolute Gasteiger partial charge is 0.381 e. The average Bonchev–Trinajstić information content (AvgIpc) is 2.99. The van der Waals surface area contributed by atoms with E-state index in [0.29, 0.717) is 12.0 Å². The van der Waals surface area contributed by atoms with Gasteiger partial charge in [-0.1, -0.05) is 11.4 Å². The molecule has 1 aromatic heterocycles. The van der Waals surface area contributed by atoms with Crippen LogP contribution in [0.5, 0.6) is 0 Å². The van der Waals surface area contributed by atoms with Gasteiger partial charge in [0.2, 0.25) is 0 Å². The first-order valence-corrected chi connectivity index (χ1v) is 8.33. The Kier molecular flexibility index (Phi) is 4.65. The van der Waals surface area contributed by atoms with Gasteiger partial charge in [0.25, 0.3) is 0 Å². The molecular weight excluding hydrogens is 274 g/mol. The molecule has 6 heteroatoms. The van der Waals surface area contributed by atoms with Crippen LogP contribution in [0.4, 0.5) is 0 Å². The summed E-state index contributed by atoms with van der Waals surface area (Å²) in [5, 5.41) is 7.62. The highest BCUT2D eigenvalue weighted by Gasteiger charge is 2.41. The van der Waals surface area contributed by atoms with Crippen LogP contribution in [0.25, 0.3) is 0 Å². The monoisotopic (exact) mass is 297 g/mol. The normalized spacial score (nSPS) is 27.6. The fourth-order valence-corrected chi connectivity index (χ4v) is 4.15. The number of hydrogen-bond acceptors (Lipinski definition) is 6. The summed E-state index contributed by atoms with van der Waals surface area (Å²) >= 11 is 1.51. The second kappa shape index (κ2) is 6.47. The fourth-order valence-electron chi connectivity index (χ4n) is 3.47. The number of hydrogen-bond donors (Lipinski definition) is 1. The van der Waals surface area contributed by atoms with Crippen LogP contribution in [0, 0.1) is 5.92 Å². The Morgan fingerprint density at radius 3 is 3.00 bits per heavy atom. The molecule has 2 atom stereocenters. The topological polar surface area (TPSA) is 56.3 Å². The van der Waals surface area contributed by atoms with E-state index in [4.69, 9.17) is 9.47 Å². The molecule has 2 aliphatic heterocycles. The first-order chi connectivity index (χ1) is 9.83. The molecular formula is C14H23N3O2S. The summed E-state index contributed by atoms with van der Waals surface area (Å²) in [5.74, 6) is 0.601. The molecule has 0 radical (unpaired) electrons. The first kappa shape index (κ1) is 14.4. The zero-order valence-electron chi connectivity index (χ0n) is 12.0. The minimum Gasteiger partial charge on any atom is -0.381 e. The van der Waals surface area contributed by atoms with E-state index in [1.54, 1.807) is 0 Å². The summed E-state index contributed by atoms with van der Waals surface area (Å²) < 4.78 is 15.7. The average molecular weight is 297 g/mol. The summed E-state index contributed by atoms with van der Waals surface area (Å²) in [4.78, 5) is 1.25. The van der Waals surface area contributed by atoms with Crippen molar-refractivity contribution in [2.24, 2.45) is 5.92 Å². The molecule has 20 heavy (non-hydrogen) atoms. The van der Waals surface area contributed by atoms with Gasteiger partial charge in [-0.2, -0.15) is 0 Å². The SMILES string of the molecule is CCNC(c1cnns1)C1CCOC2(CCOCC2)C1. The highest BCUT2D eigenvalue weighted by atomic mass is 32.1. The van der Waals surface area contributed by atoms with Crippen LogP contribution in [-0.4, -0.2) is 41.6 Å². The summed E-state index contributed by atoms with van der Waals surface area (Å²) in [6, 6.07) is 0.364. The lowest BCUT2D eigenvalue weighted by atomic mass is 9.77. The van der Waals surface area contributed by atoms with E-state index in [2.05, 4.69) is 21.8 Å². The van der Waals surface area contributed by atoms with E-state index in [0.717, 1.165) is 52.0 Å². The Balaban J connectivity index is 1.73. The van der Waals surface area contributed by atoms with Gasteiger partial charge in [-0.05, 0) is 49.7 Å². The summed E-state index contributed by atoms with van der Waals surface area (Å²) in [6.07, 6.45) is 6.20. The highest BCUT2D eigenvalue weighted by molar-refractivity contribution is 7.05. The Labute approximate surface area is 124 Å². The number of ether oxygens (including phenoxy) is 2. The van der Waals surface area contributed by atoms with Crippen LogP contribution in [0.2, 0.25) is 0 Å². The third-order valence-electron chi connectivity index (χ3n) is 4.52. The Morgan fingerprint density at radius 2 is 2.30 bits per heavy atom. The zero-order valence-corrected chi connectivity index (χ0v) is 12.8. The molecule has 0 aromatic carbocycles. The van der Waals surface area contributed by atoms with E-state index < -0.39 is 0 Å². The van der Waals surface area contributed by atoms with E-state index in [1.165, 1.54) is 16.4 Å². The van der Waals surface area contributed by atoms with E-state index in [9.17, 15) is 0 Å². The lowest BCUT2D eigenvalue weighted by Gasteiger charge is -2.45. The van der Waals surface area contributed by atoms with Crippen molar-refractivity contribution in [3.05, 3.63) is 11.1 Å². The highest BCUT2D eigenvalue weighted by Crippen LogP contribution is 2.42. The Hall–Kier alpha value is -0.560. The molecule has 2 saturated heterocycles. The number of rotatable bonds is 4. The summed E-state index contributed by atoms with van der Waals surface area (Å²) in [7, 11) is 0. The minimum atomic E-state index is 0.0486. The third kappa shape index (κ3) is 3.03. The van der Waals surface area contributed by atoms with Crippen LogP contribution in [-0.2, 0) is 9.47 Å². The molecule has 2 unspecified atom stereocenters. The molecule has 5 nitrogen and oxygen atoms in total. The maximum Gasteiger partial charge on any atom is 0.0729 e. The van der Waals surface area contributed by atoms with Crippen molar-refractivity contribution < 1.29 is 9.47 Å². The standard InChI is InChI=1S/C14H23N3O2S/c1-2-15-13(12-10-16-17-20-12)11-3-6-19-14(9-11)4-7-18-8-5-14/h10-11,13,15H,2-9H2,1H3. The number of aromatic nitrogens is 2. The number of nitrogens with one attached hydrogen (secondary N) is 1. The zero-order chi connectivity index (χ0) is 13.8. The smallest absolute Gasteiger partial charge is 0.0729 e. The van der Waals surface area contributed by atoms with Gasteiger partial charge in [-0.15, -0.1) is 5.10 Å². The molecule has 1 N–H and O–H groups in total. The molecule has 0 aliphatic carbocycles. The lowest BCUT2D eigenvalue weighted by Crippen LogP contribution is -2.46. The van der Waals surface area contributed by atoms with Crippen molar-refractivity contribution in [2.45, 2.75) is 44.2 Å². The van der Waals surface area contributed by atoms with Gasteiger partial charge in [0, 0.05) is 25.9 Å². The third-order valence-corrected chi connectivity index (χ3v) is 5.26. The minimum absolute atomic E-state index is 0.0486. The molecule has 1 aromatic rings. The van der Waals surface area contributed by atoms with Gasteiger partial charge >= 0.3 is 0 Å². The van der Waals surface area contributed by atoms with Gasteiger partial charge in [0.05, 0.1) is 16.7 Å². The van der Waals surface area contributed by atoms with Crippen molar-refractivity contribution in [2.75, 3.05) is 26.4 Å². The lowest BCUT2D eigenvalue weighted by molar-refractivity contribution is -0.150. The summed E-state index contributed by atoms with van der Waals surface area (Å²) in [6.45, 7) is 5.65. The molecule has 112 valence electrons. The molecule has 3 heterocycles. The van der Waals surface area contributed by atoms with Crippen molar-refractivity contribution in [1.82, 2.24) is 14.9 Å². The molecule has 0 amide bonds. The van der Waals surface area contributed by atoms with Gasteiger partial charge < -0.3 is 14.8 Å². The van der Waals surface area contributed by atoms with E-state index >= 15 is 0 Å². The van der Waals surface area contributed by atoms with Crippen LogP contribution < -0.4 is 5.32 Å². The molecule has 2 fully saturated rings. The predicted molar refractivity (Wildman–Crippen MR) is 77.8 cm³/mol. The fraction of sp³-hybridized carbons (Fsp3) is 0.857. The van der Waals surface area contributed by atoms with Crippen molar-refractivity contribution in [3.63, 3.8) is 0 Å². The maximum absolute atomic E-state index is 6.15.